The Morgan fingerprint density at radius 1 is 1.14 bits per heavy atom. The van der Waals surface area contributed by atoms with E-state index < -0.39 is 6.04 Å². The van der Waals surface area contributed by atoms with E-state index in [2.05, 4.69) is 25.8 Å². The van der Waals surface area contributed by atoms with E-state index in [0.29, 0.717) is 22.8 Å². The van der Waals surface area contributed by atoms with Crippen LogP contribution in [0.2, 0.25) is 0 Å². The number of benzene rings is 1. The normalized spacial score (nSPS) is 14.2. The fraction of sp³-hybridized carbons (Fsp3) is 0.308. The van der Waals surface area contributed by atoms with Crippen LogP contribution in [0, 0.1) is 0 Å². The topological polar surface area (TPSA) is 118 Å². The van der Waals surface area contributed by atoms with Crippen LogP contribution in [0.5, 0.6) is 11.5 Å². The van der Waals surface area contributed by atoms with E-state index in [0.717, 1.165) is 24.8 Å². The zero-order valence-electron chi connectivity index (χ0n) is 19.8. The Morgan fingerprint density at radius 3 is 2.49 bits per heavy atom. The van der Waals surface area contributed by atoms with Crippen molar-refractivity contribution in [2.45, 2.75) is 37.8 Å². The predicted octanol–water partition coefficient (Wildman–Crippen LogP) is 3.36. The molecule has 2 aromatic heterocycles. The molecule has 1 saturated carbocycles. The number of rotatable bonds is 10. The van der Waals surface area contributed by atoms with Crippen LogP contribution in [0.1, 0.15) is 41.7 Å². The summed E-state index contributed by atoms with van der Waals surface area (Å²) in [4.78, 5) is 29.6. The zero-order valence-corrected chi connectivity index (χ0v) is 19.8. The summed E-state index contributed by atoms with van der Waals surface area (Å²) >= 11 is 0. The van der Waals surface area contributed by atoms with Gasteiger partial charge in [-0.2, -0.15) is 5.10 Å². The number of nitrogens with one attached hydrogen (secondary N) is 3. The first-order chi connectivity index (χ1) is 17.1. The number of aromatic nitrogens is 3. The standard InChI is InChI=1S/C26H29N5O4/c1-34-22-7-4-8-23(35-2)25(22)20-16-21(31-30-20)26(33)29-19(10-9-17-11-13-27-14-12-17)15-24(32)28-18-5-3-6-18/h4,7-14,16,18-19H,3,5-6,15H2,1-2H3,(H,28,32)(H,29,33)(H,30,31)/b10-9+/t19-/m0/s1. The number of amides is 2. The highest BCUT2D eigenvalue weighted by molar-refractivity contribution is 5.94. The molecule has 1 fully saturated rings. The summed E-state index contributed by atoms with van der Waals surface area (Å²) < 4.78 is 10.9. The minimum absolute atomic E-state index is 0.0940. The Balaban J connectivity index is 1.51. The first kappa shape index (κ1) is 24.0. The maximum absolute atomic E-state index is 13.1. The summed E-state index contributed by atoms with van der Waals surface area (Å²) in [5.74, 6) is 0.684. The maximum Gasteiger partial charge on any atom is 0.269 e. The van der Waals surface area contributed by atoms with Crippen molar-refractivity contribution in [3.63, 3.8) is 0 Å². The van der Waals surface area contributed by atoms with Crippen molar-refractivity contribution in [2.24, 2.45) is 0 Å². The number of methoxy groups -OCH3 is 2. The lowest BCUT2D eigenvalue weighted by atomic mass is 9.93. The molecule has 9 nitrogen and oxygen atoms in total. The van der Waals surface area contributed by atoms with Gasteiger partial charge in [0.05, 0.1) is 32.2 Å². The van der Waals surface area contributed by atoms with Gasteiger partial charge in [-0.1, -0.05) is 18.2 Å². The van der Waals surface area contributed by atoms with Gasteiger partial charge in [0.15, 0.2) is 0 Å². The van der Waals surface area contributed by atoms with Crippen molar-refractivity contribution in [1.82, 2.24) is 25.8 Å². The molecule has 0 bridgehead atoms. The fourth-order valence-electron chi connectivity index (χ4n) is 3.82. The highest BCUT2D eigenvalue weighted by Gasteiger charge is 2.23. The van der Waals surface area contributed by atoms with E-state index in [9.17, 15) is 9.59 Å². The van der Waals surface area contributed by atoms with E-state index >= 15 is 0 Å². The molecule has 1 aromatic carbocycles. The number of carbonyl (C=O) groups excluding carboxylic acids is 2. The lowest BCUT2D eigenvalue weighted by molar-refractivity contribution is -0.122. The summed E-state index contributed by atoms with van der Waals surface area (Å²) in [6.07, 6.45) is 10.3. The highest BCUT2D eigenvalue weighted by atomic mass is 16.5. The average Bonchev–Trinajstić information content (AvgIpc) is 3.35. The van der Waals surface area contributed by atoms with E-state index in [1.165, 1.54) is 0 Å². The third-order valence-corrected chi connectivity index (χ3v) is 5.93. The van der Waals surface area contributed by atoms with Gasteiger partial charge in [0.25, 0.3) is 5.91 Å². The summed E-state index contributed by atoms with van der Waals surface area (Å²) in [5.41, 5.74) is 2.33. The Bertz CT molecular complexity index is 1170. The van der Waals surface area contributed by atoms with Gasteiger partial charge in [0.1, 0.15) is 22.9 Å². The van der Waals surface area contributed by atoms with Gasteiger partial charge >= 0.3 is 0 Å². The Labute approximate surface area is 203 Å². The minimum Gasteiger partial charge on any atom is -0.496 e. The van der Waals surface area contributed by atoms with Crippen LogP contribution >= 0.6 is 0 Å². The van der Waals surface area contributed by atoms with Gasteiger partial charge in [-0.15, -0.1) is 0 Å². The monoisotopic (exact) mass is 475 g/mol. The number of carbonyl (C=O) groups is 2. The molecule has 2 heterocycles. The van der Waals surface area contributed by atoms with Crippen LogP contribution in [0.25, 0.3) is 17.3 Å². The lowest BCUT2D eigenvalue weighted by Crippen LogP contribution is -2.43. The molecular weight excluding hydrogens is 446 g/mol. The molecule has 0 aliphatic heterocycles. The van der Waals surface area contributed by atoms with Crippen molar-refractivity contribution in [3.8, 4) is 22.8 Å². The molecular formula is C26H29N5O4. The highest BCUT2D eigenvalue weighted by Crippen LogP contribution is 2.37. The van der Waals surface area contributed by atoms with Gasteiger partial charge < -0.3 is 20.1 Å². The molecule has 1 aliphatic rings. The number of aromatic amines is 1. The first-order valence-electron chi connectivity index (χ1n) is 11.5. The molecule has 1 aliphatic carbocycles. The zero-order chi connectivity index (χ0) is 24.6. The van der Waals surface area contributed by atoms with Gasteiger partial charge in [-0.3, -0.25) is 19.7 Å². The van der Waals surface area contributed by atoms with E-state index in [-0.39, 0.29) is 30.0 Å². The Kier molecular flexibility index (Phi) is 7.77. The minimum atomic E-state index is -0.511. The second kappa shape index (κ2) is 11.3. The van der Waals surface area contributed by atoms with Crippen molar-refractivity contribution in [1.29, 1.82) is 0 Å². The van der Waals surface area contributed by atoms with Crippen molar-refractivity contribution in [3.05, 3.63) is 66.1 Å². The summed E-state index contributed by atoms with van der Waals surface area (Å²) in [5, 5.41) is 13.0. The first-order valence-corrected chi connectivity index (χ1v) is 11.5. The van der Waals surface area contributed by atoms with Gasteiger partial charge in [-0.25, -0.2) is 0 Å². The lowest BCUT2D eigenvalue weighted by Gasteiger charge is -2.27. The van der Waals surface area contributed by atoms with Crippen LogP contribution < -0.4 is 20.1 Å². The molecule has 0 radical (unpaired) electrons. The van der Waals surface area contributed by atoms with E-state index in [1.807, 2.05) is 30.4 Å². The maximum atomic E-state index is 13.1. The summed E-state index contributed by atoms with van der Waals surface area (Å²) in [7, 11) is 3.12. The SMILES string of the molecule is COc1cccc(OC)c1-c1cc(C(=O)N[C@@H](/C=C/c2ccncc2)CC(=O)NC2CCC2)[nH]n1. The number of nitrogens with zero attached hydrogens (tertiary/aromatic N) is 2. The quantitative estimate of drug-likeness (QED) is 0.414. The Hall–Kier alpha value is -4.14. The van der Waals surface area contributed by atoms with Gasteiger partial charge in [0.2, 0.25) is 5.91 Å². The summed E-state index contributed by atoms with van der Waals surface area (Å²) in [6.45, 7) is 0. The fourth-order valence-corrected chi connectivity index (χ4v) is 3.82. The molecule has 1 atom stereocenters. The molecule has 35 heavy (non-hydrogen) atoms. The van der Waals surface area contributed by atoms with Crippen molar-refractivity contribution < 1.29 is 19.1 Å². The third-order valence-electron chi connectivity index (χ3n) is 5.93. The number of H-pyrrole nitrogens is 1. The van der Waals surface area contributed by atoms with Crippen molar-refractivity contribution >= 4 is 17.9 Å². The van der Waals surface area contributed by atoms with Crippen molar-refractivity contribution in [2.75, 3.05) is 14.2 Å². The molecule has 3 aromatic rings. The molecule has 9 heteroatoms. The van der Waals surface area contributed by atoms with Crippen LogP contribution in [-0.2, 0) is 4.79 Å². The van der Waals surface area contributed by atoms with Crippen LogP contribution in [0.4, 0.5) is 0 Å². The molecule has 4 rings (SSSR count). The second-order valence-electron chi connectivity index (χ2n) is 8.32. The van der Waals surface area contributed by atoms with E-state index in [1.54, 1.807) is 44.8 Å². The smallest absolute Gasteiger partial charge is 0.269 e. The molecule has 0 saturated heterocycles. The average molecular weight is 476 g/mol. The van der Waals surface area contributed by atoms with Gasteiger partial charge in [-0.05, 0) is 55.2 Å². The number of hydrogen-bond donors (Lipinski definition) is 3. The Morgan fingerprint density at radius 2 is 1.86 bits per heavy atom. The molecule has 0 spiro atoms. The van der Waals surface area contributed by atoms with Crippen LogP contribution in [-0.4, -0.2) is 53.3 Å². The number of pyridine rings is 1. The molecule has 2 amide bonds. The van der Waals surface area contributed by atoms with E-state index in [4.69, 9.17) is 9.47 Å². The number of hydrogen-bond acceptors (Lipinski definition) is 6. The molecule has 182 valence electrons. The summed E-state index contributed by atoms with van der Waals surface area (Å²) in [6, 6.07) is 10.5. The molecule has 3 N–H and O–H groups in total. The van der Waals surface area contributed by atoms with Crippen LogP contribution in [0.15, 0.2) is 54.9 Å². The largest absolute Gasteiger partial charge is 0.496 e. The van der Waals surface area contributed by atoms with Gasteiger partial charge in [0, 0.05) is 18.4 Å². The van der Waals surface area contributed by atoms with Crippen LogP contribution in [0.3, 0.4) is 0 Å². The predicted molar refractivity (Wildman–Crippen MR) is 132 cm³/mol. The molecule has 0 unspecified atom stereocenters. The third kappa shape index (κ3) is 6.06. The second-order valence-corrected chi connectivity index (χ2v) is 8.32. The number of ether oxygens (including phenoxy) is 2.